The van der Waals surface area contributed by atoms with Crippen LogP contribution in [0.25, 0.3) is 177 Å². The van der Waals surface area contributed by atoms with Crippen molar-refractivity contribution in [1.29, 1.82) is 0 Å². The summed E-state index contributed by atoms with van der Waals surface area (Å²) in [4.78, 5) is 62.6. The van der Waals surface area contributed by atoms with Gasteiger partial charge in [0.15, 0.2) is 0 Å². The van der Waals surface area contributed by atoms with E-state index < -0.39 is 0 Å². The topological polar surface area (TPSA) is 160 Å². The van der Waals surface area contributed by atoms with Gasteiger partial charge in [-0.05, 0) is 187 Å². The van der Waals surface area contributed by atoms with Crippen LogP contribution in [0.15, 0.2) is 170 Å². The Kier molecular flexibility index (Phi) is 15.9. The molecule has 0 spiro atoms. The molecule has 14 aromatic rings. The fourth-order valence-electron chi connectivity index (χ4n) is 15.3. The summed E-state index contributed by atoms with van der Waals surface area (Å²) < 4.78 is 0. The van der Waals surface area contributed by atoms with Gasteiger partial charge in [-0.1, -0.05) is 199 Å². The first-order chi connectivity index (χ1) is 47.1. The fraction of sp³-hybridized carbons (Fsp3) is 0.190. The van der Waals surface area contributed by atoms with Crippen molar-refractivity contribution in [2.45, 2.75) is 107 Å². The average Bonchev–Trinajstić information content (AvgIpc) is 1.59. The molecule has 6 aromatic heterocycles. The van der Waals surface area contributed by atoms with E-state index in [1.165, 1.54) is 44.5 Å². The predicted molar refractivity (Wildman–Crippen MR) is 395 cm³/mol. The summed E-state index contributed by atoms with van der Waals surface area (Å²) in [6, 6.07) is 59.4. The molecule has 0 radical (unpaired) electrons. The number of allylic oxidation sites excluding steroid dienone is 4. The van der Waals surface area contributed by atoms with E-state index in [9.17, 15) is 0 Å². The minimum absolute atomic E-state index is 0. The summed E-state index contributed by atoms with van der Waals surface area (Å²) in [6.07, 6.45) is 7.60. The van der Waals surface area contributed by atoms with Crippen LogP contribution in [0, 0.1) is 40.8 Å². The second kappa shape index (κ2) is 25.0. The van der Waals surface area contributed by atoms with Crippen LogP contribution in [0.5, 0.6) is 0 Å². The standard InChI is InChI=1S/C48H24N8.C36H44N4.Nd/c1-2-10-26-18-34-33(17-25(26)9-1)41-49-42(34)54-44-37-21-29-13-5-6-14-30(29)22-38(37)46(51-44)56-48-40-24-32-16-8-7-15-31(32)23-39(40)47(52-48)55-45-36-20-28-12-4-3-11-27(28)19-35(36)43(50-45)53-41;1-9-21-22(10-2)30-18-32-25(13-5)26(14-6)34(39-32)20-36-28(16-8)27(15-7)35(40-36)19-33-24(12-4)23(11-3)31(38-33)17-29(21)37-30;/h1-24H;17-20H,9-16H2,1-8H3;/q2*-2;. The van der Waals surface area contributed by atoms with Crippen LogP contribution in [-0.2, 0) is 25.7 Å². The number of nitrogens with zero attached hydrogens (tertiary/aromatic N) is 12. The second-order valence-electron chi connectivity index (χ2n) is 25.2. The van der Waals surface area contributed by atoms with E-state index in [1.54, 1.807) is 0 Å². The van der Waals surface area contributed by atoms with Crippen LogP contribution in [-0.4, -0.2) is 39.9 Å². The molecule has 12 nitrogen and oxygen atoms in total. The number of hydrogen-bond acceptors (Lipinski definition) is 8. The Morgan fingerprint density at radius 1 is 0.237 bits per heavy atom. The van der Waals surface area contributed by atoms with Gasteiger partial charge < -0.3 is 39.9 Å². The average molecular weight is 1390 g/mol. The van der Waals surface area contributed by atoms with E-state index in [4.69, 9.17) is 59.8 Å². The maximum atomic E-state index is 5.25. The number of rotatable bonds is 8. The summed E-state index contributed by atoms with van der Waals surface area (Å²) in [5.74, 6) is 2.14. The van der Waals surface area contributed by atoms with Crippen LogP contribution in [0.1, 0.15) is 126 Å². The second-order valence-corrected chi connectivity index (χ2v) is 25.2. The molecule has 97 heavy (non-hydrogen) atoms. The van der Waals surface area contributed by atoms with Gasteiger partial charge in [0.25, 0.3) is 0 Å². The fourth-order valence-corrected chi connectivity index (χ4v) is 15.3. The first kappa shape index (κ1) is 62.0. The van der Waals surface area contributed by atoms with E-state index >= 15 is 0 Å². The summed E-state index contributed by atoms with van der Waals surface area (Å²) in [6.45, 7) is 17.9. The Labute approximate surface area is 594 Å². The molecule has 4 aliphatic heterocycles. The molecule has 0 aliphatic carbocycles. The largest absolute Gasteiger partial charge is 0.657 e. The smallest absolute Gasteiger partial charge is 0.0928 e. The number of aryl methyl sites for hydroxylation is 4. The van der Waals surface area contributed by atoms with Crippen LogP contribution >= 0.6 is 0 Å². The normalized spacial score (nSPS) is 12.7. The van der Waals surface area contributed by atoms with Crippen LogP contribution in [0.3, 0.4) is 0 Å². The zero-order chi connectivity index (χ0) is 65.0. The van der Waals surface area contributed by atoms with Crippen LogP contribution < -0.4 is 19.9 Å². The number of fused-ring (bicyclic) bond motifs is 32. The van der Waals surface area contributed by atoms with E-state index in [0.29, 0.717) is 45.9 Å². The number of aromatic nitrogens is 12. The van der Waals surface area contributed by atoms with Gasteiger partial charge in [-0.25, -0.2) is 19.9 Å². The number of benzene rings is 8. The van der Waals surface area contributed by atoms with Gasteiger partial charge in [-0.15, -0.1) is 22.1 Å². The van der Waals surface area contributed by atoms with Gasteiger partial charge in [0.05, 0.1) is 46.1 Å². The first-order valence-electron chi connectivity index (χ1n) is 34.1. The summed E-state index contributed by atoms with van der Waals surface area (Å²) >= 11 is 0. The third-order valence-electron chi connectivity index (χ3n) is 20.0. The monoisotopic (exact) mass is 1390 g/mol. The summed E-state index contributed by atoms with van der Waals surface area (Å²) in [7, 11) is 0. The Hall–Kier alpha value is -9.89. The molecule has 0 fully saturated rings. The SMILES string of the molecule is CCC1=C(CC)c2cc3[n-]c(cc4nc(cc5[n-]c(cc1n2)c(CC)c5CC)C(CC)=C4CC)c(CC)c3CC.[Nd].c1ccc2cc3c(cc2c1)-c1nc-3nc2[n-]c(nc3nc(nc4[n-]c(n1)c1cc5ccccc5cc41)-c1cc4ccccc4cc1-3)c1cc3ccccc3cc21. The van der Waals surface area contributed by atoms with E-state index in [1.807, 2.05) is 48.5 Å². The molecule has 16 bridgehead atoms. The van der Waals surface area contributed by atoms with E-state index in [0.717, 1.165) is 183 Å². The molecule has 0 atom stereocenters. The van der Waals surface area contributed by atoms with Crippen LogP contribution in [0.4, 0.5) is 0 Å². The van der Waals surface area contributed by atoms with Crippen molar-refractivity contribution in [1.82, 2.24) is 59.8 Å². The third kappa shape index (κ3) is 10.4. The zero-order valence-corrected chi connectivity index (χ0v) is 58.9. The Morgan fingerprint density at radius 2 is 0.454 bits per heavy atom. The van der Waals surface area contributed by atoms with Crippen molar-refractivity contribution in [2.75, 3.05) is 0 Å². The third-order valence-corrected chi connectivity index (χ3v) is 20.0. The summed E-state index contributed by atoms with van der Waals surface area (Å²) in [5.41, 5.74) is 24.8. The quantitative estimate of drug-likeness (QED) is 0.142. The van der Waals surface area contributed by atoms with Gasteiger partial charge in [0.2, 0.25) is 0 Å². The van der Waals surface area contributed by atoms with Gasteiger partial charge in [-0.2, -0.15) is 0 Å². The molecule has 13 heteroatoms. The molecule has 4 aliphatic rings. The molecular formula is C84H68N12Nd-4. The Balaban J connectivity index is 0.000000160. The molecule has 0 saturated carbocycles. The zero-order valence-electron chi connectivity index (χ0n) is 55.7. The Morgan fingerprint density at radius 3 is 0.660 bits per heavy atom. The molecule has 18 rings (SSSR count). The van der Waals surface area contributed by atoms with E-state index in [2.05, 4.69) is 177 Å². The van der Waals surface area contributed by atoms with Crippen molar-refractivity contribution in [2.24, 2.45) is 0 Å². The van der Waals surface area contributed by atoms with Crippen molar-refractivity contribution in [3.63, 3.8) is 0 Å². The van der Waals surface area contributed by atoms with Gasteiger partial charge in [0.1, 0.15) is 0 Å². The molecule has 0 amide bonds. The van der Waals surface area contributed by atoms with E-state index in [-0.39, 0.29) is 40.8 Å². The molecule has 472 valence electrons. The minimum atomic E-state index is 0. The molecule has 8 aromatic carbocycles. The van der Waals surface area contributed by atoms with Crippen LogP contribution in [0.2, 0.25) is 0 Å². The van der Waals surface area contributed by atoms with Gasteiger partial charge in [-0.3, -0.25) is 0 Å². The summed E-state index contributed by atoms with van der Waals surface area (Å²) in [5, 5.41) is 12.2. The molecule has 0 saturated heterocycles. The number of hydrogen-bond donors (Lipinski definition) is 0. The molecule has 0 N–H and O–H groups in total. The molecule has 0 unspecified atom stereocenters. The maximum Gasteiger partial charge on any atom is 0.0928 e. The van der Waals surface area contributed by atoms with Gasteiger partial charge in [0, 0.05) is 85.7 Å². The molecular weight excluding hydrogens is 1320 g/mol. The van der Waals surface area contributed by atoms with Gasteiger partial charge >= 0.3 is 0 Å². The molecule has 10 heterocycles. The van der Waals surface area contributed by atoms with Crippen molar-refractivity contribution in [3.05, 3.63) is 215 Å². The van der Waals surface area contributed by atoms with Crippen molar-refractivity contribution in [3.8, 4) is 45.6 Å². The Bertz CT molecular complexity index is 5380. The van der Waals surface area contributed by atoms with Crippen molar-refractivity contribution >= 4 is 132 Å². The maximum absolute atomic E-state index is 5.25. The van der Waals surface area contributed by atoms with Crippen molar-refractivity contribution < 1.29 is 40.8 Å². The first-order valence-corrected chi connectivity index (χ1v) is 34.1. The minimum Gasteiger partial charge on any atom is -0.657 e. The predicted octanol–water partition coefficient (Wildman–Crippen LogP) is 20.0.